The molecule has 0 spiro atoms. The van der Waals surface area contributed by atoms with Crippen molar-refractivity contribution in [1.29, 1.82) is 0 Å². The number of H-pyrrole nitrogens is 1. The summed E-state index contributed by atoms with van der Waals surface area (Å²) < 4.78 is 5.23. The van der Waals surface area contributed by atoms with Crippen LogP contribution in [0, 0.1) is 0 Å². The molecule has 2 aromatic rings. The molecule has 2 heterocycles. The molecule has 1 aliphatic heterocycles. The maximum absolute atomic E-state index is 12.4. The Morgan fingerprint density at radius 1 is 1.39 bits per heavy atom. The Bertz CT molecular complexity index is 642. The van der Waals surface area contributed by atoms with E-state index in [9.17, 15) is 9.90 Å². The Morgan fingerprint density at radius 2 is 2.17 bits per heavy atom. The van der Waals surface area contributed by atoms with Gasteiger partial charge in [-0.15, -0.1) is 0 Å². The van der Waals surface area contributed by atoms with Gasteiger partial charge in [0.25, 0.3) is 0 Å². The first-order valence-electron chi connectivity index (χ1n) is 7.62. The van der Waals surface area contributed by atoms with E-state index in [0.29, 0.717) is 18.8 Å². The van der Waals surface area contributed by atoms with E-state index in [4.69, 9.17) is 4.74 Å². The second kappa shape index (κ2) is 6.80. The van der Waals surface area contributed by atoms with Gasteiger partial charge in [-0.25, -0.2) is 4.79 Å². The van der Waals surface area contributed by atoms with Crippen LogP contribution in [0.3, 0.4) is 0 Å². The molecule has 0 aliphatic carbocycles. The van der Waals surface area contributed by atoms with Crippen LogP contribution in [0.1, 0.15) is 6.92 Å². The van der Waals surface area contributed by atoms with Gasteiger partial charge in [0.15, 0.2) is 0 Å². The number of aliphatic hydroxyl groups excluding tert-OH is 1. The number of rotatable bonds is 4. The van der Waals surface area contributed by atoms with Crippen molar-refractivity contribution >= 4 is 11.7 Å². The Morgan fingerprint density at radius 3 is 2.74 bits per heavy atom. The molecule has 3 rings (SSSR count). The van der Waals surface area contributed by atoms with Crippen molar-refractivity contribution in [2.45, 2.75) is 19.1 Å². The number of anilines is 1. The van der Waals surface area contributed by atoms with Crippen molar-refractivity contribution < 1.29 is 14.6 Å². The lowest BCUT2D eigenvalue weighted by atomic mass is 10.1. The molecule has 0 saturated carbocycles. The van der Waals surface area contributed by atoms with Crippen LogP contribution >= 0.6 is 0 Å². The highest BCUT2D eigenvalue weighted by Crippen LogP contribution is 2.20. The number of hydrogen-bond acceptors (Lipinski definition) is 4. The Hall–Kier alpha value is -2.38. The number of hydrogen-bond donors (Lipinski definition) is 3. The third-order valence-corrected chi connectivity index (χ3v) is 3.97. The van der Waals surface area contributed by atoms with Crippen molar-refractivity contribution in [3.05, 3.63) is 36.5 Å². The number of aromatic amines is 1. The fourth-order valence-electron chi connectivity index (χ4n) is 2.70. The van der Waals surface area contributed by atoms with E-state index < -0.39 is 6.10 Å². The lowest BCUT2D eigenvalue weighted by Crippen LogP contribution is -2.48. The Kier molecular flexibility index (Phi) is 4.59. The summed E-state index contributed by atoms with van der Waals surface area (Å²) in [5.41, 5.74) is 2.61. The number of carbonyl (C=O) groups is 1. The van der Waals surface area contributed by atoms with E-state index in [1.54, 1.807) is 11.1 Å². The molecule has 7 heteroatoms. The fourth-order valence-corrected chi connectivity index (χ4v) is 2.70. The quantitative estimate of drug-likeness (QED) is 0.800. The minimum atomic E-state index is -0.636. The monoisotopic (exact) mass is 316 g/mol. The molecule has 23 heavy (non-hydrogen) atoms. The number of ether oxygens (including phenoxy) is 1. The van der Waals surface area contributed by atoms with Crippen molar-refractivity contribution in [2.75, 3.05) is 25.1 Å². The number of nitrogens with zero attached hydrogens (tertiary/aromatic N) is 2. The van der Waals surface area contributed by atoms with E-state index in [1.165, 1.54) is 0 Å². The maximum atomic E-state index is 12.4. The summed E-state index contributed by atoms with van der Waals surface area (Å²) in [5.74, 6) is 0. The summed E-state index contributed by atoms with van der Waals surface area (Å²) in [4.78, 5) is 14.0. The first-order valence-corrected chi connectivity index (χ1v) is 7.62. The summed E-state index contributed by atoms with van der Waals surface area (Å²) in [7, 11) is 0. The van der Waals surface area contributed by atoms with Gasteiger partial charge in [0, 0.05) is 18.4 Å². The van der Waals surface area contributed by atoms with E-state index in [0.717, 1.165) is 11.3 Å². The van der Waals surface area contributed by atoms with Crippen molar-refractivity contribution in [1.82, 2.24) is 15.1 Å². The van der Waals surface area contributed by atoms with Crippen molar-refractivity contribution in [3.8, 4) is 11.3 Å². The van der Waals surface area contributed by atoms with Crippen LogP contribution in [-0.2, 0) is 4.74 Å². The van der Waals surface area contributed by atoms with Gasteiger partial charge < -0.3 is 20.1 Å². The highest BCUT2D eigenvalue weighted by molar-refractivity contribution is 5.89. The molecule has 1 saturated heterocycles. The Labute approximate surface area is 134 Å². The first kappa shape index (κ1) is 15.5. The smallest absolute Gasteiger partial charge is 0.322 e. The molecule has 1 aliphatic rings. The number of aromatic nitrogens is 2. The van der Waals surface area contributed by atoms with Crippen molar-refractivity contribution in [3.63, 3.8) is 0 Å². The number of urea groups is 1. The van der Waals surface area contributed by atoms with Gasteiger partial charge in [-0.2, -0.15) is 5.10 Å². The van der Waals surface area contributed by atoms with Gasteiger partial charge in [-0.3, -0.25) is 5.10 Å². The van der Waals surface area contributed by atoms with Crippen LogP contribution in [0.2, 0.25) is 0 Å². The minimum Gasteiger partial charge on any atom is -0.388 e. The molecule has 1 aromatic carbocycles. The van der Waals surface area contributed by atoms with Gasteiger partial charge in [0.2, 0.25) is 0 Å². The number of carbonyl (C=O) groups excluding carboxylic acids is 1. The van der Waals surface area contributed by atoms with Crippen LogP contribution in [0.25, 0.3) is 11.3 Å². The normalized spacial score (nSPS) is 20.4. The van der Waals surface area contributed by atoms with Gasteiger partial charge in [-0.05, 0) is 30.7 Å². The average molecular weight is 316 g/mol. The zero-order valence-electron chi connectivity index (χ0n) is 12.9. The molecule has 1 fully saturated rings. The molecule has 2 amide bonds. The third-order valence-electron chi connectivity index (χ3n) is 3.97. The second-order valence-electron chi connectivity index (χ2n) is 5.44. The first-order chi connectivity index (χ1) is 11.2. The number of aliphatic hydroxyl groups is 1. The summed E-state index contributed by atoms with van der Waals surface area (Å²) in [6.07, 6.45) is 1.06. The van der Waals surface area contributed by atoms with Crippen LogP contribution < -0.4 is 5.32 Å². The van der Waals surface area contributed by atoms with Gasteiger partial charge in [0.1, 0.15) is 0 Å². The highest BCUT2D eigenvalue weighted by atomic mass is 16.5. The molecular weight excluding hydrogens is 296 g/mol. The summed E-state index contributed by atoms with van der Waals surface area (Å²) in [6, 6.07) is 8.83. The summed E-state index contributed by atoms with van der Waals surface area (Å²) >= 11 is 0. The molecule has 7 nitrogen and oxygen atoms in total. The minimum absolute atomic E-state index is 0.239. The molecular formula is C16H20N4O3. The van der Waals surface area contributed by atoms with E-state index >= 15 is 0 Å². The van der Waals surface area contributed by atoms with Gasteiger partial charge >= 0.3 is 6.03 Å². The van der Waals surface area contributed by atoms with Gasteiger partial charge in [0.05, 0.1) is 31.1 Å². The number of likely N-dealkylation sites (N-methyl/N-ethyl adjacent to an activating group) is 1. The van der Waals surface area contributed by atoms with E-state index in [1.807, 2.05) is 37.3 Å². The maximum Gasteiger partial charge on any atom is 0.322 e. The second-order valence-corrected chi connectivity index (χ2v) is 5.44. The lowest BCUT2D eigenvalue weighted by Gasteiger charge is -2.28. The fraction of sp³-hybridized carbons (Fsp3) is 0.375. The number of nitrogens with one attached hydrogen (secondary N) is 2. The predicted octanol–water partition coefficient (Wildman–Crippen LogP) is 1.69. The molecule has 0 bridgehead atoms. The van der Waals surface area contributed by atoms with Crippen LogP contribution in [-0.4, -0.2) is 58.1 Å². The summed E-state index contributed by atoms with van der Waals surface area (Å²) in [6.45, 7) is 3.02. The topological polar surface area (TPSA) is 90.5 Å². The zero-order chi connectivity index (χ0) is 16.2. The number of amides is 2. The lowest BCUT2D eigenvalue weighted by molar-refractivity contribution is 0.1000. The van der Waals surface area contributed by atoms with Crippen LogP contribution in [0.4, 0.5) is 10.5 Å². The highest BCUT2D eigenvalue weighted by Gasteiger charge is 2.33. The SMILES string of the molecule is CCN(C(=O)Nc1ccc(-c2ccn[nH]2)cc1)C1COCC1O. The zero-order valence-corrected chi connectivity index (χ0v) is 12.9. The van der Waals surface area contributed by atoms with E-state index in [2.05, 4.69) is 15.5 Å². The molecule has 2 unspecified atom stereocenters. The Balaban J connectivity index is 1.67. The van der Waals surface area contributed by atoms with Crippen LogP contribution in [0.15, 0.2) is 36.5 Å². The van der Waals surface area contributed by atoms with Crippen LogP contribution in [0.5, 0.6) is 0 Å². The molecule has 122 valence electrons. The molecule has 1 aromatic heterocycles. The number of benzene rings is 1. The predicted molar refractivity (Wildman–Crippen MR) is 86.0 cm³/mol. The van der Waals surface area contributed by atoms with Crippen molar-refractivity contribution in [2.24, 2.45) is 0 Å². The molecule has 2 atom stereocenters. The van der Waals surface area contributed by atoms with E-state index in [-0.39, 0.29) is 18.7 Å². The largest absolute Gasteiger partial charge is 0.388 e. The van der Waals surface area contributed by atoms with Gasteiger partial charge in [-0.1, -0.05) is 12.1 Å². The third kappa shape index (κ3) is 3.35. The standard InChI is InChI=1S/C16H20N4O3/c1-2-20(14-9-23-10-15(14)21)16(22)18-12-5-3-11(4-6-12)13-7-8-17-19-13/h3-8,14-15,21H,2,9-10H2,1H3,(H,17,19)(H,18,22). The summed E-state index contributed by atoms with van der Waals surface area (Å²) in [5, 5.41) is 19.6. The molecule has 0 radical (unpaired) electrons. The molecule has 3 N–H and O–H groups in total. The average Bonchev–Trinajstić information content (AvgIpc) is 3.21.